The Labute approximate surface area is 79.2 Å². The minimum Gasteiger partial charge on any atom is -0.480 e. The zero-order valence-electron chi connectivity index (χ0n) is 7.43. The lowest BCUT2D eigenvalue weighted by molar-refractivity contribution is -0.148. The number of ketones is 1. The predicted octanol–water partition coefficient (Wildman–Crippen LogP) is -2.00. The predicted molar refractivity (Wildman–Crippen MR) is 46.6 cm³/mol. The van der Waals surface area contributed by atoms with Crippen molar-refractivity contribution in [2.24, 2.45) is 16.5 Å². The fraction of sp³-hybridized carbons (Fsp3) is 0.333. The van der Waals surface area contributed by atoms with Crippen molar-refractivity contribution in [1.82, 2.24) is 0 Å². The highest BCUT2D eigenvalue weighted by molar-refractivity contribution is 6.31. The summed E-state index contributed by atoms with van der Waals surface area (Å²) >= 11 is 0. The molecule has 0 radical (unpaired) electrons. The minimum absolute atomic E-state index is 0.201. The molecule has 0 unspecified atom stereocenters. The molecule has 80 valence electrons. The Balaban J connectivity index is 0. The fourth-order valence-electron chi connectivity index (χ4n) is 0.159. The molecule has 8 heteroatoms. The standard InChI is InChI=1S/C3H7N3O2.C3H4O3/c4-3(5)6-1-2(7)8;1-2(4)3(5)6/h1H2,(H,7,8)(H4,4,5,6);1H3,(H,5,6). The largest absolute Gasteiger partial charge is 0.480 e. The summed E-state index contributed by atoms with van der Waals surface area (Å²) in [6.07, 6.45) is 0. The van der Waals surface area contributed by atoms with Crippen molar-refractivity contribution in [1.29, 1.82) is 0 Å². The van der Waals surface area contributed by atoms with E-state index in [9.17, 15) is 14.4 Å². The second kappa shape index (κ2) is 7.53. The lowest BCUT2D eigenvalue weighted by Gasteiger charge is -1.85. The van der Waals surface area contributed by atoms with Crippen LogP contribution in [0.3, 0.4) is 0 Å². The van der Waals surface area contributed by atoms with Gasteiger partial charge in [0.25, 0.3) is 0 Å². The lowest BCUT2D eigenvalue weighted by atomic mass is 10.5. The Morgan fingerprint density at radius 2 is 1.57 bits per heavy atom. The smallest absolute Gasteiger partial charge is 0.371 e. The third-order valence-electron chi connectivity index (χ3n) is 0.698. The van der Waals surface area contributed by atoms with Gasteiger partial charge in [-0.25, -0.2) is 9.79 Å². The zero-order valence-corrected chi connectivity index (χ0v) is 7.43. The van der Waals surface area contributed by atoms with Gasteiger partial charge in [-0.2, -0.15) is 0 Å². The summed E-state index contributed by atoms with van der Waals surface area (Å²) in [6.45, 7) is 0.644. The van der Waals surface area contributed by atoms with Crippen molar-refractivity contribution in [2.45, 2.75) is 6.92 Å². The van der Waals surface area contributed by atoms with Crippen LogP contribution in [0.4, 0.5) is 0 Å². The van der Waals surface area contributed by atoms with Gasteiger partial charge in [0.1, 0.15) is 6.54 Å². The summed E-state index contributed by atoms with van der Waals surface area (Å²) in [4.78, 5) is 31.8. The van der Waals surface area contributed by atoms with Gasteiger partial charge in [-0.15, -0.1) is 0 Å². The molecule has 0 aromatic heterocycles. The monoisotopic (exact) mass is 205 g/mol. The summed E-state index contributed by atoms with van der Waals surface area (Å²) in [5, 5.41) is 15.6. The summed E-state index contributed by atoms with van der Waals surface area (Å²) < 4.78 is 0. The molecule has 14 heavy (non-hydrogen) atoms. The topological polar surface area (TPSA) is 156 Å². The summed E-state index contributed by atoms with van der Waals surface area (Å²) in [7, 11) is 0. The van der Waals surface area contributed by atoms with Gasteiger partial charge in [0.05, 0.1) is 0 Å². The van der Waals surface area contributed by atoms with E-state index in [-0.39, 0.29) is 12.5 Å². The Bertz CT molecular complexity index is 244. The number of Topliss-reactive ketones (excluding diaryl/α,β-unsaturated/α-hetero) is 1. The van der Waals surface area contributed by atoms with Crippen LogP contribution >= 0.6 is 0 Å². The van der Waals surface area contributed by atoms with Crippen LogP contribution in [0.1, 0.15) is 6.92 Å². The van der Waals surface area contributed by atoms with Crippen LogP contribution in [0.5, 0.6) is 0 Å². The van der Waals surface area contributed by atoms with Crippen molar-refractivity contribution >= 4 is 23.7 Å². The van der Waals surface area contributed by atoms with Crippen LogP contribution in [0, 0.1) is 0 Å². The SMILES string of the molecule is CC(=O)C(=O)O.NC(N)=NCC(=O)O. The van der Waals surface area contributed by atoms with E-state index in [0.29, 0.717) is 0 Å². The Morgan fingerprint density at radius 1 is 1.21 bits per heavy atom. The molecule has 6 N–H and O–H groups in total. The number of hydrogen-bond acceptors (Lipinski definition) is 4. The molecule has 0 saturated carbocycles. The van der Waals surface area contributed by atoms with Gasteiger partial charge >= 0.3 is 11.9 Å². The minimum atomic E-state index is -1.38. The van der Waals surface area contributed by atoms with E-state index < -0.39 is 17.7 Å². The molecule has 0 spiro atoms. The molecule has 0 aromatic carbocycles. The van der Waals surface area contributed by atoms with Crippen LogP contribution in [0.25, 0.3) is 0 Å². The number of carboxylic acids is 2. The fourth-order valence-corrected chi connectivity index (χ4v) is 0.159. The molecular formula is C6H11N3O5. The molecule has 0 heterocycles. The summed E-state index contributed by atoms with van der Waals surface area (Å²) in [5.41, 5.74) is 9.61. The van der Waals surface area contributed by atoms with E-state index in [2.05, 4.69) is 4.99 Å². The number of nitrogens with two attached hydrogens (primary N) is 2. The van der Waals surface area contributed by atoms with E-state index in [0.717, 1.165) is 6.92 Å². The summed E-state index contributed by atoms with van der Waals surface area (Å²) in [5.74, 6) is -3.45. The molecule has 8 nitrogen and oxygen atoms in total. The molecule has 0 aliphatic carbocycles. The highest BCUT2D eigenvalue weighted by atomic mass is 16.4. The third-order valence-corrected chi connectivity index (χ3v) is 0.698. The first kappa shape index (κ1) is 14.4. The maximum atomic E-state index is 9.69. The molecule has 0 aromatic rings. The van der Waals surface area contributed by atoms with Gasteiger partial charge in [0.15, 0.2) is 5.96 Å². The van der Waals surface area contributed by atoms with Gasteiger partial charge in [-0.1, -0.05) is 0 Å². The third kappa shape index (κ3) is 16.5. The van der Waals surface area contributed by atoms with Gasteiger partial charge in [-0.05, 0) is 0 Å². The number of carbonyl (C=O) groups is 3. The Kier molecular flexibility index (Phi) is 7.74. The van der Waals surface area contributed by atoms with E-state index in [1.807, 2.05) is 0 Å². The Hall–Kier alpha value is -2.12. The Morgan fingerprint density at radius 3 is 1.64 bits per heavy atom. The van der Waals surface area contributed by atoms with E-state index in [4.69, 9.17) is 21.7 Å². The van der Waals surface area contributed by atoms with Crippen LogP contribution in [0.2, 0.25) is 0 Å². The number of rotatable bonds is 3. The first-order valence-corrected chi connectivity index (χ1v) is 3.28. The molecule has 0 fully saturated rings. The first-order chi connectivity index (χ1) is 6.27. The van der Waals surface area contributed by atoms with Crippen LogP contribution in [-0.2, 0) is 14.4 Å². The van der Waals surface area contributed by atoms with Crippen molar-refractivity contribution in [3.05, 3.63) is 0 Å². The van der Waals surface area contributed by atoms with Crippen molar-refractivity contribution in [3.63, 3.8) is 0 Å². The van der Waals surface area contributed by atoms with Crippen LogP contribution < -0.4 is 11.5 Å². The zero-order chi connectivity index (χ0) is 11.7. The maximum Gasteiger partial charge on any atom is 0.371 e. The van der Waals surface area contributed by atoms with Gasteiger partial charge < -0.3 is 21.7 Å². The molecular weight excluding hydrogens is 194 g/mol. The average Bonchev–Trinajstić information content (AvgIpc) is 2.01. The maximum absolute atomic E-state index is 9.69. The van der Waals surface area contributed by atoms with Crippen molar-refractivity contribution in [3.8, 4) is 0 Å². The van der Waals surface area contributed by atoms with Crippen LogP contribution in [-0.4, -0.2) is 40.4 Å². The van der Waals surface area contributed by atoms with E-state index >= 15 is 0 Å². The number of carbonyl (C=O) groups excluding carboxylic acids is 1. The van der Waals surface area contributed by atoms with Gasteiger partial charge in [-0.3, -0.25) is 9.59 Å². The molecule has 0 aliphatic rings. The highest BCUT2D eigenvalue weighted by Gasteiger charge is 1.99. The van der Waals surface area contributed by atoms with E-state index in [1.54, 1.807) is 0 Å². The molecule has 0 atom stereocenters. The van der Waals surface area contributed by atoms with Crippen LogP contribution in [0.15, 0.2) is 4.99 Å². The molecule has 0 amide bonds. The number of aliphatic carboxylic acids is 2. The van der Waals surface area contributed by atoms with Gasteiger partial charge in [0.2, 0.25) is 5.78 Å². The summed E-state index contributed by atoms with van der Waals surface area (Å²) in [6, 6.07) is 0. The van der Waals surface area contributed by atoms with Gasteiger partial charge in [0, 0.05) is 6.92 Å². The highest BCUT2D eigenvalue weighted by Crippen LogP contribution is 1.65. The normalized spacial score (nSPS) is 7.79. The van der Waals surface area contributed by atoms with E-state index in [1.165, 1.54) is 0 Å². The molecule has 0 rings (SSSR count). The average molecular weight is 205 g/mol. The number of guanidine groups is 1. The second-order valence-electron chi connectivity index (χ2n) is 2.00. The number of aliphatic imine (C=N–C) groups is 1. The molecule has 0 aliphatic heterocycles. The lowest BCUT2D eigenvalue weighted by Crippen LogP contribution is -2.24. The second-order valence-corrected chi connectivity index (χ2v) is 2.00. The molecule has 0 bridgehead atoms. The number of carboxylic acid groups (broad SMARTS) is 2. The molecule has 0 saturated heterocycles. The van der Waals surface area contributed by atoms with Crippen molar-refractivity contribution in [2.75, 3.05) is 6.54 Å². The number of nitrogens with zero attached hydrogens (tertiary/aromatic N) is 1. The number of hydrogen-bond donors (Lipinski definition) is 4. The quantitative estimate of drug-likeness (QED) is 0.236. The first-order valence-electron chi connectivity index (χ1n) is 3.28. The van der Waals surface area contributed by atoms with Crippen molar-refractivity contribution < 1.29 is 24.6 Å².